The smallest absolute Gasteiger partial charge is 0.339 e. The number of nitro groups is 1. The molecule has 7 nitrogen and oxygen atoms in total. The number of fused-ring (bicyclic) bond motifs is 1. The number of methoxy groups -OCH3 is 1. The molecule has 1 saturated carbocycles. The van der Waals surface area contributed by atoms with Crippen LogP contribution in [0.3, 0.4) is 0 Å². The molecule has 1 aliphatic carbocycles. The number of nitro benzene ring substituents is 1. The molecule has 4 rings (SSSR count). The van der Waals surface area contributed by atoms with E-state index in [1.807, 2.05) is 39.0 Å². The summed E-state index contributed by atoms with van der Waals surface area (Å²) >= 11 is 0. The lowest BCUT2D eigenvalue weighted by Gasteiger charge is -2.30. The lowest BCUT2D eigenvalue weighted by molar-refractivity contribution is -0.385. The minimum atomic E-state index is -1.00. The van der Waals surface area contributed by atoms with E-state index in [1.54, 1.807) is 13.0 Å². The van der Waals surface area contributed by atoms with Gasteiger partial charge in [0, 0.05) is 17.2 Å². The largest absolute Gasteiger partial charge is 0.493 e. The van der Waals surface area contributed by atoms with Crippen molar-refractivity contribution >= 4 is 11.7 Å². The van der Waals surface area contributed by atoms with Gasteiger partial charge in [0.25, 0.3) is 5.69 Å². The van der Waals surface area contributed by atoms with Crippen molar-refractivity contribution < 1.29 is 23.9 Å². The second-order valence-corrected chi connectivity index (χ2v) is 9.85. The molecule has 0 saturated heterocycles. The van der Waals surface area contributed by atoms with E-state index >= 15 is 0 Å². The van der Waals surface area contributed by atoms with Crippen molar-refractivity contribution in [3.8, 4) is 16.9 Å². The summed E-state index contributed by atoms with van der Waals surface area (Å²) in [4.78, 5) is 24.7. The zero-order valence-electron chi connectivity index (χ0n) is 19.9. The average Bonchev–Trinajstić information content (AvgIpc) is 3.60. The topological polar surface area (TPSA) is 87.9 Å². The summed E-state index contributed by atoms with van der Waals surface area (Å²) in [7, 11) is 1.33. The quantitative estimate of drug-likeness (QED) is 0.312. The molecule has 2 aromatic carbocycles. The van der Waals surface area contributed by atoms with Crippen LogP contribution in [-0.2, 0) is 20.7 Å². The molecule has 176 valence electrons. The maximum atomic E-state index is 13.0. The zero-order chi connectivity index (χ0) is 23.9. The highest BCUT2D eigenvalue weighted by molar-refractivity contribution is 5.86. The fourth-order valence-corrected chi connectivity index (χ4v) is 4.62. The van der Waals surface area contributed by atoms with Crippen molar-refractivity contribution in [2.45, 2.75) is 71.0 Å². The first kappa shape index (κ1) is 23.2. The number of benzene rings is 2. The van der Waals surface area contributed by atoms with Crippen molar-refractivity contribution in [2.24, 2.45) is 0 Å². The van der Waals surface area contributed by atoms with Gasteiger partial charge in [0.15, 0.2) is 6.10 Å². The van der Waals surface area contributed by atoms with Crippen LogP contribution in [0.5, 0.6) is 5.75 Å². The standard InChI is InChI=1S/C26H31NO6/c1-15-13-19(27(29)30)22(16-8-9-16)23(18-10-11-20-17(14-18)7-6-12-32-20)21(15)24(25(28)31-5)33-26(2,3)4/h10-11,13-14,16,24H,6-9,12H2,1-5H3. The van der Waals surface area contributed by atoms with Crippen LogP contribution in [0.25, 0.3) is 11.1 Å². The number of hydrogen-bond acceptors (Lipinski definition) is 6. The van der Waals surface area contributed by atoms with Crippen molar-refractivity contribution in [1.29, 1.82) is 0 Å². The summed E-state index contributed by atoms with van der Waals surface area (Å²) in [5.74, 6) is 0.406. The van der Waals surface area contributed by atoms with Crippen LogP contribution < -0.4 is 4.74 Å². The molecule has 0 bridgehead atoms. The molecule has 1 unspecified atom stereocenters. The fraction of sp³-hybridized carbons (Fsp3) is 0.500. The van der Waals surface area contributed by atoms with Crippen LogP contribution in [0.15, 0.2) is 24.3 Å². The van der Waals surface area contributed by atoms with Crippen molar-refractivity contribution in [2.75, 3.05) is 13.7 Å². The van der Waals surface area contributed by atoms with Gasteiger partial charge in [0.05, 0.1) is 24.2 Å². The summed E-state index contributed by atoms with van der Waals surface area (Å²) in [5.41, 5.74) is 4.06. The molecule has 2 aliphatic rings. The summed E-state index contributed by atoms with van der Waals surface area (Å²) in [6.45, 7) is 8.11. The van der Waals surface area contributed by atoms with Crippen LogP contribution in [-0.4, -0.2) is 30.2 Å². The number of rotatable bonds is 6. The number of hydrogen-bond donors (Lipinski definition) is 0. The lowest BCUT2D eigenvalue weighted by atomic mass is 9.84. The molecular formula is C26H31NO6. The second kappa shape index (κ2) is 8.78. The van der Waals surface area contributed by atoms with Crippen LogP contribution in [0.4, 0.5) is 5.69 Å². The minimum absolute atomic E-state index is 0.0833. The summed E-state index contributed by atoms with van der Waals surface area (Å²) in [6.07, 6.45) is 2.56. The van der Waals surface area contributed by atoms with Crippen LogP contribution in [0.2, 0.25) is 0 Å². The molecule has 1 heterocycles. The Balaban J connectivity index is 2.03. The Hall–Kier alpha value is -2.93. The van der Waals surface area contributed by atoms with E-state index < -0.39 is 17.7 Å². The Bertz CT molecular complexity index is 1100. The maximum Gasteiger partial charge on any atom is 0.339 e. The van der Waals surface area contributed by atoms with Gasteiger partial charge < -0.3 is 14.2 Å². The van der Waals surface area contributed by atoms with Gasteiger partial charge in [-0.05, 0) is 93.7 Å². The first-order chi connectivity index (χ1) is 15.6. The van der Waals surface area contributed by atoms with E-state index in [2.05, 4.69) is 0 Å². The number of carbonyl (C=O) groups excluding carboxylic acids is 1. The highest BCUT2D eigenvalue weighted by Gasteiger charge is 2.40. The predicted molar refractivity (Wildman–Crippen MR) is 125 cm³/mol. The third-order valence-electron chi connectivity index (χ3n) is 6.12. The third-order valence-corrected chi connectivity index (χ3v) is 6.12. The molecule has 0 N–H and O–H groups in total. The number of aryl methyl sites for hydroxylation is 2. The molecule has 0 spiro atoms. The monoisotopic (exact) mass is 453 g/mol. The normalized spacial score (nSPS) is 16.5. The van der Waals surface area contributed by atoms with Crippen LogP contribution in [0.1, 0.15) is 74.3 Å². The molecular weight excluding hydrogens is 422 g/mol. The molecule has 2 aromatic rings. The predicted octanol–water partition coefficient (Wildman–Crippen LogP) is 5.80. The molecule has 0 aromatic heterocycles. The van der Waals surface area contributed by atoms with Gasteiger partial charge >= 0.3 is 5.97 Å². The van der Waals surface area contributed by atoms with Gasteiger partial charge in [-0.1, -0.05) is 6.07 Å². The number of esters is 1. The second-order valence-electron chi connectivity index (χ2n) is 9.85. The SMILES string of the molecule is COC(=O)C(OC(C)(C)C)c1c(C)cc([N+](=O)[O-])c(C2CC2)c1-c1ccc2c(c1)CCCO2. The average molecular weight is 454 g/mol. The molecule has 1 atom stereocenters. The molecule has 7 heteroatoms. The van der Waals surface area contributed by atoms with Gasteiger partial charge in [-0.25, -0.2) is 4.79 Å². The number of ether oxygens (including phenoxy) is 3. The van der Waals surface area contributed by atoms with Gasteiger partial charge in [0.2, 0.25) is 0 Å². The summed E-state index contributed by atoms with van der Waals surface area (Å²) in [5, 5.41) is 12.1. The van der Waals surface area contributed by atoms with E-state index in [0.717, 1.165) is 48.1 Å². The lowest BCUT2D eigenvalue weighted by Crippen LogP contribution is -2.29. The van der Waals surface area contributed by atoms with E-state index in [1.165, 1.54) is 7.11 Å². The maximum absolute atomic E-state index is 13.0. The Labute approximate surface area is 194 Å². The zero-order valence-corrected chi connectivity index (χ0v) is 19.9. The highest BCUT2D eigenvalue weighted by atomic mass is 16.6. The van der Waals surface area contributed by atoms with E-state index in [9.17, 15) is 14.9 Å². The van der Waals surface area contributed by atoms with Gasteiger partial charge in [0.1, 0.15) is 5.75 Å². The molecule has 0 radical (unpaired) electrons. The first-order valence-corrected chi connectivity index (χ1v) is 11.4. The number of carbonyl (C=O) groups is 1. The fourth-order valence-electron chi connectivity index (χ4n) is 4.62. The van der Waals surface area contributed by atoms with Crippen LogP contribution in [0, 0.1) is 17.0 Å². The highest BCUT2D eigenvalue weighted by Crippen LogP contribution is 2.52. The van der Waals surface area contributed by atoms with E-state index in [4.69, 9.17) is 14.2 Å². The van der Waals surface area contributed by atoms with Crippen molar-refractivity contribution in [3.05, 3.63) is 56.6 Å². The Morgan fingerprint density at radius 3 is 2.58 bits per heavy atom. The van der Waals surface area contributed by atoms with Gasteiger partial charge in [-0.15, -0.1) is 0 Å². The summed E-state index contributed by atoms with van der Waals surface area (Å²) in [6, 6.07) is 7.49. The van der Waals surface area contributed by atoms with Gasteiger partial charge in [-0.2, -0.15) is 0 Å². The molecule has 33 heavy (non-hydrogen) atoms. The molecule has 1 fully saturated rings. The van der Waals surface area contributed by atoms with Crippen LogP contribution >= 0.6 is 0 Å². The van der Waals surface area contributed by atoms with Gasteiger partial charge in [-0.3, -0.25) is 10.1 Å². The van der Waals surface area contributed by atoms with E-state index in [0.29, 0.717) is 23.3 Å². The summed E-state index contributed by atoms with van der Waals surface area (Å²) < 4.78 is 17.1. The van der Waals surface area contributed by atoms with Crippen molar-refractivity contribution in [1.82, 2.24) is 0 Å². The minimum Gasteiger partial charge on any atom is -0.493 e. The Morgan fingerprint density at radius 2 is 1.97 bits per heavy atom. The van der Waals surface area contributed by atoms with E-state index in [-0.39, 0.29) is 16.5 Å². The Morgan fingerprint density at radius 1 is 1.24 bits per heavy atom. The molecule has 1 aliphatic heterocycles. The molecule has 0 amide bonds. The Kier molecular flexibility index (Phi) is 6.18. The first-order valence-electron chi connectivity index (χ1n) is 11.4. The number of nitrogens with zero attached hydrogens (tertiary/aromatic N) is 1. The third kappa shape index (κ3) is 4.74. The van der Waals surface area contributed by atoms with Crippen molar-refractivity contribution in [3.63, 3.8) is 0 Å².